The molecule has 2 rings (SSSR count). The van der Waals surface area contributed by atoms with Crippen molar-refractivity contribution in [2.24, 2.45) is 5.92 Å². The Morgan fingerprint density at radius 1 is 1.43 bits per heavy atom. The summed E-state index contributed by atoms with van der Waals surface area (Å²) in [6.07, 6.45) is 2.84. The number of likely N-dealkylation sites (N-methyl/N-ethyl adjacent to an activating group) is 1. The maximum atomic E-state index is 12.5. The Balaban J connectivity index is 1.96. The number of hydrogen-bond acceptors (Lipinski definition) is 3. The topological polar surface area (TPSA) is 41.6 Å². The number of amides is 1. The smallest absolute Gasteiger partial charge is 0.227 e. The van der Waals surface area contributed by atoms with Gasteiger partial charge in [0.25, 0.3) is 0 Å². The van der Waals surface area contributed by atoms with Gasteiger partial charge in [-0.15, -0.1) is 0 Å². The number of benzene rings is 1. The maximum absolute atomic E-state index is 12.5. The summed E-state index contributed by atoms with van der Waals surface area (Å²) >= 11 is 0. The molecule has 0 radical (unpaired) electrons. The van der Waals surface area contributed by atoms with Crippen LogP contribution in [0.3, 0.4) is 0 Å². The molecule has 1 aliphatic rings. The molecule has 4 heteroatoms. The molecule has 0 spiro atoms. The molecule has 4 nitrogen and oxygen atoms in total. The summed E-state index contributed by atoms with van der Waals surface area (Å²) in [5.74, 6) is 1.56. The minimum absolute atomic E-state index is 0.188. The number of carbonyl (C=O) groups is 1. The first-order chi connectivity index (χ1) is 10.2. The fourth-order valence-corrected chi connectivity index (χ4v) is 2.92. The van der Waals surface area contributed by atoms with Crippen molar-refractivity contribution in [3.05, 3.63) is 29.8 Å². The quantitative estimate of drug-likeness (QED) is 0.872. The van der Waals surface area contributed by atoms with Gasteiger partial charge in [0.15, 0.2) is 0 Å². The van der Waals surface area contributed by atoms with Gasteiger partial charge >= 0.3 is 0 Å². The van der Waals surface area contributed by atoms with E-state index in [-0.39, 0.29) is 5.91 Å². The Morgan fingerprint density at radius 2 is 2.24 bits per heavy atom. The predicted octanol–water partition coefficient (Wildman–Crippen LogP) is 2.09. The summed E-state index contributed by atoms with van der Waals surface area (Å²) in [6, 6.07) is 7.75. The molecule has 0 aromatic heterocycles. The molecule has 1 saturated heterocycles. The van der Waals surface area contributed by atoms with Gasteiger partial charge < -0.3 is 15.0 Å². The third-order valence-electron chi connectivity index (χ3n) is 4.15. The third kappa shape index (κ3) is 4.46. The van der Waals surface area contributed by atoms with Crippen molar-refractivity contribution >= 4 is 5.91 Å². The fourth-order valence-electron chi connectivity index (χ4n) is 2.92. The van der Waals surface area contributed by atoms with Crippen molar-refractivity contribution in [2.45, 2.75) is 26.2 Å². The zero-order valence-electron chi connectivity index (χ0n) is 13.1. The lowest BCUT2D eigenvalue weighted by Crippen LogP contribution is -2.41. The lowest BCUT2D eigenvalue weighted by atomic mass is 9.98. The molecule has 1 heterocycles. The lowest BCUT2D eigenvalue weighted by molar-refractivity contribution is -0.131. The summed E-state index contributed by atoms with van der Waals surface area (Å²) in [7, 11) is 1.65. The Morgan fingerprint density at radius 3 is 2.90 bits per heavy atom. The van der Waals surface area contributed by atoms with Gasteiger partial charge in [0.1, 0.15) is 5.75 Å². The number of para-hydroxylation sites is 1. The van der Waals surface area contributed by atoms with Crippen molar-refractivity contribution in [1.29, 1.82) is 0 Å². The van der Waals surface area contributed by atoms with Crippen LogP contribution in [0.1, 0.15) is 25.3 Å². The highest BCUT2D eigenvalue weighted by molar-refractivity contribution is 5.79. The summed E-state index contributed by atoms with van der Waals surface area (Å²) in [6.45, 7) is 5.81. The lowest BCUT2D eigenvalue weighted by Gasteiger charge is -2.29. The van der Waals surface area contributed by atoms with E-state index >= 15 is 0 Å². The van der Waals surface area contributed by atoms with E-state index in [2.05, 4.69) is 12.2 Å². The van der Waals surface area contributed by atoms with Gasteiger partial charge in [0.2, 0.25) is 5.91 Å². The van der Waals surface area contributed by atoms with E-state index in [1.807, 2.05) is 29.2 Å². The minimum Gasteiger partial charge on any atom is -0.496 e. The highest BCUT2D eigenvalue weighted by Crippen LogP contribution is 2.19. The molecule has 0 saturated carbocycles. The van der Waals surface area contributed by atoms with E-state index in [4.69, 9.17) is 4.74 Å². The van der Waals surface area contributed by atoms with Crippen molar-refractivity contribution < 1.29 is 9.53 Å². The van der Waals surface area contributed by atoms with Gasteiger partial charge in [-0.1, -0.05) is 18.2 Å². The second kappa shape index (κ2) is 8.03. The summed E-state index contributed by atoms with van der Waals surface area (Å²) in [5, 5.41) is 3.41. The summed E-state index contributed by atoms with van der Waals surface area (Å²) in [4.78, 5) is 14.5. The first-order valence-corrected chi connectivity index (χ1v) is 7.85. The van der Waals surface area contributed by atoms with E-state index in [0.29, 0.717) is 12.3 Å². The molecule has 0 aliphatic carbocycles. The monoisotopic (exact) mass is 290 g/mol. The van der Waals surface area contributed by atoms with E-state index in [1.165, 1.54) is 12.8 Å². The number of carbonyl (C=O) groups excluding carboxylic acids is 1. The van der Waals surface area contributed by atoms with Crippen molar-refractivity contribution in [3.63, 3.8) is 0 Å². The first kappa shape index (κ1) is 15.8. The van der Waals surface area contributed by atoms with Gasteiger partial charge in [0.05, 0.1) is 13.5 Å². The van der Waals surface area contributed by atoms with Gasteiger partial charge in [-0.05, 0) is 44.8 Å². The van der Waals surface area contributed by atoms with E-state index in [9.17, 15) is 4.79 Å². The Hall–Kier alpha value is -1.55. The van der Waals surface area contributed by atoms with Gasteiger partial charge in [-0.2, -0.15) is 0 Å². The van der Waals surface area contributed by atoms with E-state index in [1.54, 1.807) is 7.11 Å². The number of nitrogens with one attached hydrogen (secondary N) is 1. The minimum atomic E-state index is 0.188. The first-order valence-electron chi connectivity index (χ1n) is 7.85. The average molecular weight is 290 g/mol. The van der Waals surface area contributed by atoms with Crippen LogP contribution in [-0.2, 0) is 11.2 Å². The van der Waals surface area contributed by atoms with Crippen LogP contribution in [0.25, 0.3) is 0 Å². The van der Waals surface area contributed by atoms with Crippen molar-refractivity contribution in [2.75, 3.05) is 33.3 Å². The second-order valence-electron chi connectivity index (χ2n) is 5.63. The van der Waals surface area contributed by atoms with Gasteiger partial charge in [-0.3, -0.25) is 4.79 Å². The third-order valence-corrected chi connectivity index (χ3v) is 4.15. The molecular formula is C17H26N2O2. The average Bonchev–Trinajstić information content (AvgIpc) is 2.54. The second-order valence-corrected chi connectivity index (χ2v) is 5.63. The molecule has 0 bridgehead atoms. The molecule has 1 amide bonds. The van der Waals surface area contributed by atoms with E-state index in [0.717, 1.165) is 37.5 Å². The Bertz CT molecular complexity index is 456. The SMILES string of the molecule is CCN(CC1CCCNC1)C(=O)Cc1ccccc1OC. The molecule has 21 heavy (non-hydrogen) atoms. The van der Waals surface area contributed by atoms with Crippen LogP contribution in [0.5, 0.6) is 5.75 Å². The molecule has 1 fully saturated rings. The zero-order valence-corrected chi connectivity index (χ0v) is 13.1. The van der Waals surface area contributed by atoms with Gasteiger partial charge in [0, 0.05) is 18.7 Å². The van der Waals surface area contributed by atoms with Crippen LogP contribution in [0.15, 0.2) is 24.3 Å². The Kier molecular flexibility index (Phi) is 6.05. The standard InChI is InChI=1S/C17H26N2O2/c1-3-19(13-14-7-6-10-18-12-14)17(20)11-15-8-4-5-9-16(15)21-2/h4-5,8-9,14,18H,3,6-7,10-13H2,1-2H3. The predicted molar refractivity (Wildman–Crippen MR) is 84.5 cm³/mol. The molecule has 116 valence electrons. The molecule has 1 atom stereocenters. The number of rotatable bonds is 6. The molecular weight excluding hydrogens is 264 g/mol. The molecule has 1 aliphatic heterocycles. The summed E-state index contributed by atoms with van der Waals surface area (Å²) < 4.78 is 5.33. The van der Waals surface area contributed by atoms with Crippen LogP contribution < -0.4 is 10.1 Å². The number of ether oxygens (including phenoxy) is 1. The number of piperidine rings is 1. The normalized spacial score (nSPS) is 18.3. The highest BCUT2D eigenvalue weighted by atomic mass is 16.5. The molecule has 1 aromatic carbocycles. The number of nitrogens with zero attached hydrogens (tertiary/aromatic N) is 1. The maximum Gasteiger partial charge on any atom is 0.227 e. The zero-order chi connectivity index (χ0) is 15.1. The summed E-state index contributed by atoms with van der Waals surface area (Å²) in [5.41, 5.74) is 0.963. The molecule has 1 unspecified atom stereocenters. The largest absolute Gasteiger partial charge is 0.496 e. The van der Waals surface area contributed by atoms with Crippen molar-refractivity contribution in [1.82, 2.24) is 10.2 Å². The van der Waals surface area contributed by atoms with E-state index < -0.39 is 0 Å². The van der Waals surface area contributed by atoms with Crippen LogP contribution >= 0.6 is 0 Å². The fraction of sp³-hybridized carbons (Fsp3) is 0.588. The van der Waals surface area contributed by atoms with Crippen LogP contribution in [-0.4, -0.2) is 44.1 Å². The Labute approximate surface area is 127 Å². The van der Waals surface area contributed by atoms with Crippen LogP contribution in [0, 0.1) is 5.92 Å². The molecule has 1 N–H and O–H groups in total. The van der Waals surface area contributed by atoms with Crippen LogP contribution in [0.2, 0.25) is 0 Å². The number of methoxy groups -OCH3 is 1. The van der Waals surface area contributed by atoms with Crippen molar-refractivity contribution in [3.8, 4) is 5.75 Å². The number of hydrogen-bond donors (Lipinski definition) is 1. The molecule has 1 aromatic rings. The highest BCUT2D eigenvalue weighted by Gasteiger charge is 2.20. The van der Waals surface area contributed by atoms with Gasteiger partial charge in [-0.25, -0.2) is 0 Å². The van der Waals surface area contributed by atoms with Crippen LogP contribution in [0.4, 0.5) is 0 Å².